The molecule has 1 aliphatic carbocycles. The number of hydrogen-bond donors (Lipinski definition) is 3. The van der Waals surface area contributed by atoms with E-state index in [1.807, 2.05) is 6.92 Å². The number of hydrogen-bond acceptors (Lipinski definition) is 3. The van der Waals surface area contributed by atoms with Crippen molar-refractivity contribution in [2.24, 2.45) is 0 Å². The zero-order chi connectivity index (χ0) is 13.9. The number of aliphatic hydroxyl groups excluding tert-OH is 2. The van der Waals surface area contributed by atoms with Crippen LogP contribution in [0.1, 0.15) is 49.4 Å². The average molecular weight is 263 g/mol. The first-order valence-corrected chi connectivity index (χ1v) is 7.25. The fourth-order valence-corrected chi connectivity index (χ4v) is 2.87. The maximum absolute atomic E-state index is 9.50. The predicted octanol–water partition coefficient (Wildman–Crippen LogP) is 1.96. The van der Waals surface area contributed by atoms with Gasteiger partial charge in [-0.2, -0.15) is 0 Å². The van der Waals surface area contributed by atoms with Crippen LogP contribution in [0.2, 0.25) is 0 Å². The summed E-state index contributed by atoms with van der Waals surface area (Å²) in [4.78, 5) is 0. The smallest absolute Gasteiger partial charge is 0.0650 e. The van der Waals surface area contributed by atoms with Gasteiger partial charge >= 0.3 is 0 Å². The highest BCUT2D eigenvalue weighted by atomic mass is 16.3. The van der Waals surface area contributed by atoms with Crippen molar-refractivity contribution in [2.75, 3.05) is 13.2 Å². The van der Waals surface area contributed by atoms with E-state index >= 15 is 0 Å². The summed E-state index contributed by atoms with van der Waals surface area (Å²) < 4.78 is 0. The fraction of sp³-hybridized carbons (Fsp3) is 0.625. The minimum Gasteiger partial charge on any atom is -0.394 e. The minimum atomic E-state index is -0.585. The highest BCUT2D eigenvalue weighted by molar-refractivity contribution is 5.36. The number of rotatable bonds is 6. The Morgan fingerprint density at radius 2 is 1.89 bits per heavy atom. The van der Waals surface area contributed by atoms with E-state index in [0.29, 0.717) is 6.42 Å². The van der Waals surface area contributed by atoms with E-state index in [2.05, 4.69) is 30.4 Å². The molecular weight excluding hydrogens is 238 g/mol. The van der Waals surface area contributed by atoms with Gasteiger partial charge < -0.3 is 15.5 Å². The van der Waals surface area contributed by atoms with Crippen molar-refractivity contribution >= 4 is 0 Å². The standard InChI is InChI=1S/C16H25NO2/c1-3-16(10-18,11-19)17-12(2)14-8-7-13-5-4-6-15(13)9-14/h7-9,12,17-19H,3-6,10-11H2,1-2H3. The lowest BCUT2D eigenvalue weighted by molar-refractivity contribution is 0.0793. The molecule has 1 aromatic carbocycles. The second kappa shape index (κ2) is 6.04. The van der Waals surface area contributed by atoms with Gasteiger partial charge in [-0.25, -0.2) is 0 Å². The third-order valence-corrected chi connectivity index (χ3v) is 4.43. The molecule has 0 aliphatic heterocycles. The minimum absolute atomic E-state index is 0.0463. The first-order valence-electron chi connectivity index (χ1n) is 7.25. The van der Waals surface area contributed by atoms with Gasteiger partial charge in [0, 0.05) is 6.04 Å². The molecule has 19 heavy (non-hydrogen) atoms. The maximum Gasteiger partial charge on any atom is 0.0650 e. The topological polar surface area (TPSA) is 52.5 Å². The molecule has 0 spiro atoms. The van der Waals surface area contributed by atoms with Crippen LogP contribution >= 0.6 is 0 Å². The molecule has 0 bridgehead atoms. The second-order valence-corrected chi connectivity index (χ2v) is 5.70. The summed E-state index contributed by atoms with van der Waals surface area (Å²) in [6.07, 6.45) is 4.33. The maximum atomic E-state index is 9.50. The van der Waals surface area contributed by atoms with Crippen molar-refractivity contribution in [3.05, 3.63) is 34.9 Å². The molecule has 3 N–H and O–H groups in total. The normalized spacial score (nSPS) is 16.4. The molecule has 0 heterocycles. The first-order chi connectivity index (χ1) is 9.14. The third-order valence-electron chi connectivity index (χ3n) is 4.43. The first kappa shape index (κ1) is 14.5. The van der Waals surface area contributed by atoms with Gasteiger partial charge in [0.2, 0.25) is 0 Å². The predicted molar refractivity (Wildman–Crippen MR) is 77.2 cm³/mol. The fourth-order valence-electron chi connectivity index (χ4n) is 2.87. The molecule has 1 aliphatic rings. The Kier molecular flexibility index (Phi) is 4.61. The summed E-state index contributed by atoms with van der Waals surface area (Å²) in [5.74, 6) is 0. The number of nitrogens with one attached hydrogen (secondary N) is 1. The molecule has 0 saturated heterocycles. The molecule has 3 heteroatoms. The van der Waals surface area contributed by atoms with Gasteiger partial charge in [-0.3, -0.25) is 0 Å². The van der Waals surface area contributed by atoms with Crippen LogP contribution in [0.15, 0.2) is 18.2 Å². The van der Waals surface area contributed by atoms with Crippen molar-refractivity contribution in [3.63, 3.8) is 0 Å². The van der Waals surface area contributed by atoms with E-state index in [0.717, 1.165) is 0 Å². The van der Waals surface area contributed by atoms with Crippen LogP contribution in [0.25, 0.3) is 0 Å². The molecule has 0 aromatic heterocycles. The van der Waals surface area contributed by atoms with E-state index in [4.69, 9.17) is 0 Å². The van der Waals surface area contributed by atoms with E-state index in [1.165, 1.54) is 36.0 Å². The number of aliphatic hydroxyl groups is 2. The molecule has 0 saturated carbocycles. The number of benzene rings is 1. The Morgan fingerprint density at radius 3 is 2.53 bits per heavy atom. The number of aryl methyl sites for hydroxylation is 2. The average Bonchev–Trinajstić information content (AvgIpc) is 2.92. The Hall–Kier alpha value is -0.900. The summed E-state index contributed by atoms with van der Waals surface area (Å²) in [5, 5.41) is 22.4. The molecule has 1 unspecified atom stereocenters. The van der Waals surface area contributed by atoms with Crippen LogP contribution in [0, 0.1) is 0 Å². The quantitative estimate of drug-likeness (QED) is 0.735. The SMILES string of the molecule is CCC(CO)(CO)NC(C)c1ccc2c(c1)CCC2. The van der Waals surface area contributed by atoms with Crippen molar-refractivity contribution in [2.45, 2.75) is 51.1 Å². The van der Waals surface area contributed by atoms with Gasteiger partial charge in [-0.1, -0.05) is 25.1 Å². The Labute approximate surface area is 115 Å². The van der Waals surface area contributed by atoms with Gasteiger partial charge in [0.25, 0.3) is 0 Å². The van der Waals surface area contributed by atoms with E-state index in [1.54, 1.807) is 0 Å². The molecule has 0 fully saturated rings. The zero-order valence-corrected chi connectivity index (χ0v) is 11.9. The lowest BCUT2D eigenvalue weighted by Gasteiger charge is -2.33. The van der Waals surface area contributed by atoms with Crippen LogP contribution in [0.4, 0.5) is 0 Å². The summed E-state index contributed by atoms with van der Waals surface area (Å²) in [5.41, 5.74) is 3.59. The van der Waals surface area contributed by atoms with Crippen molar-refractivity contribution < 1.29 is 10.2 Å². The largest absolute Gasteiger partial charge is 0.394 e. The second-order valence-electron chi connectivity index (χ2n) is 5.70. The molecule has 1 aromatic rings. The van der Waals surface area contributed by atoms with Crippen molar-refractivity contribution in [1.82, 2.24) is 5.32 Å². The monoisotopic (exact) mass is 263 g/mol. The Bertz CT molecular complexity index is 418. The zero-order valence-electron chi connectivity index (χ0n) is 11.9. The van der Waals surface area contributed by atoms with Gasteiger partial charge in [0.15, 0.2) is 0 Å². The van der Waals surface area contributed by atoms with Crippen LogP contribution in [0.3, 0.4) is 0 Å². The lowest BCUT2D eigenvalue weighted by Crippen LogP contribution is -2.52. The van der Waals surface area contributed by atoms with E-state index in [9.17, 15) is 10.2 Å². The van der Waals surface area contributed by atoms with Gasteiger partial charge in [0.05, 0.1) is 18.8 Å². The van der Waals surface area contributed by atoms with Crippen molar-refractivity contribution in [1.29, 1.82) is 0 Å². The molecule has 0 amide bonds. The van der Waals surface area contributed by atoms with Gasteiger partial charge in [0.1, 0.15) is 0 Å². The number of fused-ring (bicyclic) bond motifs is 1. The highest BCUT2D eigenvalue weighted by Crippen LogP contribution is 2.26. The van der Waals surface area contributed by atoms with E-state index < -0.39 is 5.54 Å². The van der Waals surface area contributed by atoms with Crippen LogP contribution in [-0.2, 0) is 12.8 Å². The Morgan fingerprint density at radius 1 is 1.21 bits per heavy atom. The highest BCUT2D eigenvalue weighted by Gasteiger charge is 2.28. The van der Waals surface area contributed by atoms with Crippen molar-refractivity contribution in [3.8, 4) is 0 Å². The van der Waals surface area contributed by atoms with E-state index in [-0.39, 0.29) is 19.3 Å². The summed E-state index contributed by atoms with van der Waals surface area (Å²) in [7, 11) is 0. The molecule has 1 atom stereocenters. The molecular formula is C16H25NO2. The molecule has 0 radical (unpaired) electrons. The third kappa shape index (κ3) is 2.99. The van der Waals surface area contributed by atoms with Crippen LogP contribution in [-0.4, -0.2) is 29.0 Å². The molecule has 2 rings (SSSR count). The summed E-state index contributed by atoms with van der Waals surface area (Å²) >= 11 is 0. The van der Waals surface area contributed by atoms with Gasteiger partial charge in [-0.05, 0) is 49.3 Å². The van der Waals surface area contributed by atoms with Crippen LogP contribution in [0.5, 0.6) is 0 Å². The summed E-state index contributed by atoms with van der Waals surface area (Å²) in [6, 6.07) is 6.79. The summed E-state index contributed by atoms with van der Waals surface area (Å²) in [6.45, 7) is 3.98. The molecule has 3 nitrogen and oxygen atoms in total. The lowest BCUT2D eigenvalue weighted by atomic mass is 9.94. The molecule has 106 valence electrons. The van der Waals surface area contributed by atoms with Crippen LogP contribution < -0.4 is 5.32 Å². The Balaban J connectivity index is 2.13. The van der Waals surface area contributed by atoms with Gasteiger partial charge in [-0.15, -0.1) is 0 Å².